The van der Waals surface area contributed by atoms with Crippen LogP contribution >= 0.6 is 0 Å². The Kier molecular flexibility index (Phi) is 2.28. The predicted octanol–water partition coefficient (Wildman–Crippen LogP) is 1.08. The number of carbonyl (C=O) groups is 1. The number of nitrogens with one attached hydrogen (secondary N) is 1. The molecule has 2 aliphatic rings. The molecule has 0 aromatic rings. The Morgan fingerprint density at radius 2 is 2.38 bits per heavy atom. The smallest absolute Gasteiger partial charge is 0.305 e. The van der Waals surface area contributed by atoms with E-state index in [1.54, 1.807) is 0 Å². The highest BCUT2D eigenvalue weighted by molar-refractivity contribution is 5.69. The molecular weight excluding hydrogens is 166 g/mol. The van der Waals surface area contributed by atoms with Gasteiger partial charge in [-0.2, -0.15) is 0 Å². The summed E-state index contributed by atoms with van der Waals surface area (Å²) >= 11 is 0. The van der Waals surface area contributed by atoms with Crippen LogP contribution in [-0.2, 0) is 9.53 Å². The average Bonchev–Trinajstić information content (AvgIpc) is 2.85. The Labute approximate surface area is 78.8 Å². The van der Waals surface area contributed by atoms with Crippen LogP contribution in [0.3, 0.4) is 0 Å². The molecule has 74 valence electrons. The van der Waals surface area contributed by atoms with Crippen molar-refractivity contribution >= 4 is 5.97 Å². The lowest BCUT2D eigenvalue weighted by Gasteiger charge is -2.29. The summed E-state index contributed by atoms with van der Waals surface area (Å²) in [6.07, 6.45) is 5.49. The second-order valence-corrected chi connectivity index (χ2v) is 4.35. The minimum Gasteiger partial charge on any atom is -0.469 e. The summed E-state index contributed by atoms with van der Waals surface area (Å²) in [5, 5.41) is 3.54. The van der Waals surface area contributed by atoms with Gasteiger partial charge in [-0.05, 0) is 38.1 Å². The molecule has 0 amide bonds. The second-order valence-electron chi connectivity index (χ2n) is 4.35. The molecule has 2 fully saturated rings. The summed E-state index contributed by atoms with van der Waals surface area (Å²) in [5.41, 5.74) is 0.428. The zero-order valence-corrected chi connectivity index (χ0v) is 8.14. The maximum atomic E-state index is 11.1. The lowest BCUT2D eigenvalue weighted by Crippen LogP contribution is -2.40. The predicted molar refractivity (Wildman–Crippen MR) is 49.3 cm³/mol. The fourth-order valence-electron chi connectivity index (χ4n) is 2.29. The Bertz CT molecular complexity index is 211. The SMILES string of the molecule is COC(=O)CC1CCNC2(CC2)C1. The first-order valence-corrected chi connectivity index (χ1v) is 5.06. The molecule has 1 saturated heterocycles. The van der Waals surface area contributed by atoms with E-state index in [-0.39, 0.29) is 5.97 Å². The van der Waals surface area contributed by atoms with Gasteiger partial charge in [0.15, 0.2) is 0 Å². The number of methoxy groups -OCH3 is 1. The van der Waals surface area contributed by atoms with Crippen molar-refractivity contribution in [3.8, 4) is 0 Å². The van der Waals surface area contributed by atoms with E-state index in [4.69, 9.17) is 0 Å². The first-order valence-electron chi connectivity index (χ1n) is 5.06. The van der Waals surface area contributed by atoms with Gasteiger partial charge in [0.05, 0.1) is 7.11 Å². The fourth-order valence-corrected chi connectivity index (χ4v) is 2.29. The van der Waals surface area contributed by atoms with Crippen LogP contribution in [0.2, 0.25) is 0 Å². The van der Waals surface area contributed by atoms with Gasteiger partial charge in [-0.15, -0.1) is 0 Å². The van der Waals surface area contributed by atoms with E-state index in [0.29, 0.717) is 17.9 Å². The van der Waals surface area contributed by atoms with E-state index in [9.17, 15) is 4.79 Å². The lowest BCUT2D eigenvalue weighted by atomic mass is 9.88. The van der Waals surface area contributed by atoms with Crippen LogP contribution in [0.5, 0.6) is 0 Å². The largest absolute Gasteiger partial charge is 0.469 e. The molecule has 2 rings (SSSR count). The van der Waals surface area contributed by atoms with Crippen molar-refractivity contribution < 1.29 is 9.53 Å². The fraction of sp³-hybridized carbons (Fsp3) is 0.900. The second kappa shape index (κ2) is 3.29. The number of esters is 1. The van der Waals surface area contributed by atoms with Gasteiger partial charge in [-0.25, -0.2) is 0 Å². The van der Waals surface area contributed by atoms with Gasteiger partial charge in [0.2, 0.25) is 0 Å². The van der Waals surface area contributed by atoms with Gasteiger partial charge in [-0.1, -0.05) is 0 Å². The van der Waals surface area contributed by atoms with Gasteiger partial charge in [0.1, 0.15) is 0 Å². The molecule has 1 heterocycles. The van der Waals surface area contributed by atoms with Crippen LogP contribution in [0.15, 0.2) is 0 Å². The number of piperidine rings is 1. The molecule has 0 radical (unpaired) electrons. The summed E-state index contributed by atoms with van der Waals surface area (Å²) in [6, 6.07) is 0. The highest BCUT2D eigenvalue weighted by Gasteiger charge is 2.45. The molecule has 0 bridgehead atoms. The molecule has 1 N–H and O–H groups in total. The third-order valence-corrected chi connectivity index (χ3v) is 3.27. The van der Waals surface area contributed by atoms with Crippen molar-refractivity contribution in [2.24, 2.45) is 5.92 Å². The molecule has 3 nitrogen and oxygen atoms in total. The van der Waals surface area contributed by atoms with E-state index >= 15 is 0 Å². The maximum Gasteiger partial charge on any atom is 0.305 e. The summed E-state index contributed by atoms with van der Waals surface area (Å²) < 4.78 is 4.68. The van der Waals surface area contributed by atoms with E-state index in [2.05, 4.69) is 10.1 Å². The molecule has 1 saturated carbocycles. The molecule has 0 aromatic carbocycles. The number of hydrogen-bond acceptors (Lipinski definition) is 3. The molecule has 1 aliphatic carbocycles. The van der Waals surface area contributed by atoms with E-state index < -0.39 is 0 Å². The van der Waals surface area contributed by atoms with Crippen LogP contribution in [-0.4, -0.2) is 25.2 Å². The van der Waals surface area contributed by atoms with Gasteiger partial charge in [0.25, 0.3) is 0 Å². The molecule has 13 heavy (non-hydrogen) atoms. The summed E-state index contributed by atoms with van der Waals surface area (Å²) in [7, 11) is 1.47. The first-order chi connectivity index (χ1) is 6.24. The van der Waals surface area contributed by atoms with Crippen LogP contribution in [0, 0.1) is 5.92 Å². The van der Waals surface area contributed by atoms with Crippen molar-refractivity contribution in [3.05, 3.63) is 0 Å². The molecule has 1 aliphatic heterocycles. The highest BCUT2D eigenvalue weighted by Crippen LogP contribution is 2.44. The molecule has 0 aromatic heterocycles. The van der Waals surface area contributed by atoms with Crippen molar-refractivity contribution in [3.63, 3.8) is 0 Å². The minimum atomic E-state index is -0.0531. The minimum absolute atomic E-state index is 0.0531. The zero-order valence-electron chi connectivity index (χ0n) is 8.14. The van der Waals surface area contributed by atoms with E-state index in [0.717, 1.165) is 13.0 Å². The van der Waals surface area contributed by atoms with Crippen molar-refractivity contribution in [1.29, 1.82) is 0 Å². The normalized spacial score (nSPS) is 30.1. The van der Waals surface area contributed by atoms with Gasteiger partial charge in [0, 0.05) is 12.0 Å². The number of ether oxygens (including phenoxy) is 1. The van der Waals surface area contributed by atoms with Crippen molar-refractivity contribution in [2.75, 3.05) is 13.7 Å². The van der Waals surface area contributed by atoms with Crippen molar-refractivity contribution in [2.45, 2.75) is 37.6 Å². The number of carbonyl (C=O) groups excluding carboxylic acids is 1. The lowest BCUT2D eigenvalue weighted by molar-refractivity contribution is -0.142. The molecule has 1 spiro atoms. The Morgan fingerprint density at radius 1 is 1.62 bits per heavy atom. The maximum absolute atomic E-state index is 11.1. The number of hydrogen-bond donors (Lipinski definition) is 1. The molecule has 1 unspecified atom stereocenters. The van der Waals surface area contributed by atoms with E-state index in [1.165, 1.54) is 26.4 Å². The molecule has 1 atom stereocenters. The molecule has 3 heteroatoms. The zero-order chi connectivity index (χ0) is 9.31. The Morgan fingerprint density at radius 3 is 3.00 bits per heavy atom. The quantitative estimate of drug-likeness (QED) is 0.651. The van der Waals surface area contributed by atoms with E-state index in [1.807, 2.05) is 0 Å². The first kappa shape index (κ1) is 9.00. The average molecular weight is 183 g/mol. The summed E-state index contributed by atoms with van der Waals surface area (Å²) in [5.74, 6) is 0.499. The van der Waals surface area contributed by atoms with Gasteiger partial charge < -0.3 is 10.1 Å². The number of rotatable bonds is 2. The summed E-state index contributed by atoms with van der Waals surface area (Å²) in [6.45, 7) is 1.07. The molecular formula is C10H17NO2. The standard InChI is InChI=1S/C10H17NO2/c1-13-9(12)6-8-2-5-11-10(7-8)3-4-10/h8,11H,2-7H2,1H3. The van der Waals surface area contributed by atoms with Crippen LogP contribution < -0.4 is 5.32 Å². The monoisotopic (exact) mass is 183 g/mol. The van der Waals surface area contributed by atoms with Gasteiger partial charge >= 0.3 is 5.97 Å². The third-order valence-electron chi connectivity index (χ3n) is 3.27. The van der Waals surface area contributed by atoms with Gasteiger partial charge in [-0.3, -0.25) is 4.79 Å². The van der Waals surface area contributed by atoms with Crippen molar-refractivity contribution in [1.82, 2.24) is 5.32 Å². The Balaban J connectivity index is 1.82. The van der Waals surface area contributed by atoms with Crippen LogP contribution in [0.25, 0.3) is 0 Å². The summed E-state index contributed by atoms with van der Waals surface area (Å²) in [4.78, 5) is 11.1. The highest BCUT2D eigenvalue weighted by atomic mass is 16.5. The van der Waals surface area contributed by atoms with Crippen LogP contribution in [0.1, 0.15) is 32.1 Å². The van der Waals surface area contributed by atoms with Crippen LogP contribution in [0.4, 0.5) is 0 Å². The topological polar surface area (TPSA) is 38.3 Å². The third kappa shape index (κ3) is 2.02. The Hall–Kier alpha value is -0.570.